The Kier molecular flexibility index (Phi) is 3.90. The zero-order valence-electron chi connectivity index (χ0n) is 11.1. The third-order valence-corrected chi connectivity index (χ3v) is 6.07. The second-order valence-electron chi connectivity index (χ2n) is 6.57. The minimum Gasteiger partial charge on any atom is -0.312 e. The van der Waals surface area contributed by atoms with Crippen molar-refractivity contribution < 1.29 is 0 Å². The summed E-state index contributed by atoms with van der Waals surface area (Å²) in [6.07, 6.45) is 8.44. The van der Waals surface area contributed by atoms with Crippen LogP contribution < -0.4 is 5.32 Å². The minimum absolute atomic E-state index is 0.512. The number of rotatable bonds is 3. The van der Waals surface area contributed by atoms with Gasteiger partial charge in [0.2, 0.25) is 0 Å². The van der Waals surface area contributed by atoms with E-state index in [2.05, 4.69) is 37.8 Å². The van der Waals surface area contributed by atoms with Gasteiger partial charge in [-0.3, -0.25) is 0 Å². The average molecular weight is 241 g/mol. The van der Waals surface area contributed by atoms with Gasteiger partial charge in [-0.25, -0.2) is 0 Å². The van der Waals surface area contributed by atoms with Crippen LogP contribution in [0.25, 0.3) is 0 Å². The molecule has 16 heavy (non-hydrogen) atoms. The van der Waals surface area contributed by atoms with Crippen LogP contribution in [-0.4, -0.2) is 23.1 Å². The van der Waals surface area contributed by atoms with Crippen LogP contribution in [0, 0.1) is 5.41 Å². The fraction of sp³-hybridized carbons (Fsp3) is 1.00. The summed E-state index contributed by atoms with van der Waals surface area (Å²) in [6.45, 7) is 8.53. The normalized spacial score (nSPS) is 38.8. The smallest absolute Gasteiger partial charge is 0.0256 e. The van der Waals surface area contributed by atoms with E-state index >= 15 is 0 Å². The van der Waals surface area contributed by atoms with Crippen molar-refractivity contribution in [2.75, 3.05) is 12.3 Å². The maximum absolute atomic E-state index is 3.87. The molecular weight excluding hydrogens is 214 g/mol. The summed E-state index contributed by atoms with van der Waals surface area (Å²) in [6, 6.07) is 0.749. The molecule has 1 saturated heterocycles. The van der Waals surface area contributed by atoms with Gasteiger partial charge < -0.3 is 5.32 Å². The largest absolute Gasteiger partial charge is 0.312 e. The van der Waals surface area contributed by atoms with Crippen LogP contribution in [0.4, 0.5) is 0 Å². The molecule has 2 fully saturated rings. The molecule has 2 heteroatoms. The van der Waals surface area contributed by atoms with E-state index in [1.165, 1.54) is 50.8 Å². The second kappa shape index (κ2) is 4.89. The topological polar surface area (TPSA) is 12.0 Å². The van der Waals surface area contributed by atoms with E-state index in [9.17, 15) is 0 Å². The molecule has 0 radical (unpaired) electrons. The molecule has 0 amide bonds. The molecule has 1 aliphatic heterocycles. The molecule has 0 spiro atoms. The maximum Gasteiger partial charge on any atom is 0.0256 e. The molecule has 2 aliphatic rings. The summed E-state index contributed by atoms with van der Waals surface area (Å²) in [7, 11) is 0. The summed E-state index contributed by atoms with van der Waals surface area (Å²) in [4.78, 5) is 0. The number of hydrogen-bond acceptors (Lipinski definition) is 2. The Bertz CT molecular complexity index is 231. The molecular formula is C14H27NS. The Morgan fingerprint density at radius 3 is 2.56 bits per heavy atom. The van der Waals surface area contributed by atoms with Gasteiger partial charge in [0.15, 0.2) is 0 Å². The lowest BCUT2D eigenvalue weighted by molar-refractivity contribution is 0.165. The predicted molar refractivity (Wildman–Crippen MR) is 74.1 cm³/mol. The lowest BCUT2D eigenvalue weighted by atomic mass is 9.73. The molecule has 94 valence electrons. The molecule has 0 bridgehead atoms. The first-order valence-corrected chi connectivity index (χ1v) is 7.88. The molecule has 2 unspecified atom stereocenters. The first kappa shape index (κ1) is 12.8. The van der Waals surface area contributed by atoms with Crippen LogP contribution in [-0.2, 0) is 0 Å². The van der Waals surface area contributed by atoms with Gasteiger partial charge >= 0.3 is 0 Å². The molecule has 1 nitrogen and oxygen atoms in total. The first-order valence-electron chi connectivity index (χ1n) is 6.89. The highest BCUT2D eigenvalue weighted by atomic mass is 32.2. The highest BCUT2D eigenvalue weighted by Crippen LogP contribution is 2.39. The van der Waals surface area contributed by atoms with E-state index in [-0.39, 0.29) is 0 Å². The first-order chi connectivity index (χ1) is 7.52. The fourth-order valence-corrected chi connectivity index (χ4v) is 4.44. The second-order valence-corrected chi connectivity index (χ2v) is 8.25. The predicted octanol–water partition coefficient (Wildman–Crippen LogP) is 3.83. The molecule has 2 rings (SSSR count). The lowest BCUT2D eigenvalue weighted by Gasteiger charge is -2.41. The third-order valence-electron chi connectivity index (χ3n) is 4.53. The van der Waals surface area contributed by atoms with Gasteiger partial charge in [-0.05, 0) is 43.8 Å². The van der Waals surface area contributed by atoms with Gasteiger partial charge in [0.05, 0.1) is 0 Å². The van der Waals surface area contributed by atoms with Gasteiger partial charge in [-0.1, -0.05) is 26.7 Å². The molecule has 0 aromatic heterocycles. The van der Waals surface area contributed by atoms with E-state index in [0.717, 1.165) is 6.04 Å². The zero-order valence-corrected chi connectivity index (χ0v) is 12.0. The van der Waals surface area contributed by atoms with Crippen LogP contribution in [0.2, 0.25) is 0 Å². The molecule has 1 aliphatic carbocycles. The van der Waals surface area contributed by atoms with E-state index in [1.807, 2.05) is 0 Å². The fourth-order valence-electron chi connectivity index (χ4n) is 3.19. The molecule has 0 aromatic rings. The van der Waals surface area contributed by atoms with Crippen LogP contribution in [0.3, 0.4) is 0 Å². The third kappa shape index (κ3) is 2.95. The number of thioether (sulfide) groups is 1. The van der Waals surface area contributed by atoms with Gasteiger partial charge in [-0.2, -0.15) is 11.8 Å². The molecule has 1 N–H and O–H groups in total. The highest BCUT2D eigenvalue weighted by molar-refractivity contribution is 8.00. The van der Waals surface area contributed by atoms with Crippen LogP contribution in [0.15, 0.2) is 0 Å². The summed E-state index contributed by atoms with van der Waals surface area (Å²) in [5.74, 6) is 1.37. The summed E-state index contributed by atoms with van der Waals surface area (Å²) in [5.41, 5.74) is 0.512. The van der Waals surface area contributed by atoms with E-state index in [0.29, 0.717) is 10.2 Å². The minimum atomic E-state index is 0.512. The molecule has 1 heterocycles. The van der Waals surface area contributed by atoms with Crippen LogP contribution >= 0.6 is 11.8 Å². The van der Waals surface area contributed by atoms with E-state index < -0.39 is 0 Å². The Hall–Kier alpha value is 0.310. The van der Waals surface area contributed by atoms with Crippen LogP contribution in [0.1, 0.15) is 59.3 Å². The van der Waals surface area contributed by atoms with Crippen molar-refractivity contribution in [3.8, 4) is 0 Å². The van der Waals surface area contributed by atoms with Gasteiger partial charge in [0.1, 0.15) is 0 Å². The standard InChI is InChI=1S/C14H27NS/c1-13(2)8-5-4-7-12(13)15-11-14(3)9-6-10-16-14/h12,15H,4-11H2,1-3H3. The van der Waals surface area contributed by atoms with Crippen molar-refractivity contribution >= 4 is 11.8 Å². The number of hydrogen-bond donors (Lipinski definition) is 1. The molecule has 2 atom stereocenters. The SMILES string of the molecule is CC1(CNC2CCCCC2(C)C)CCCS1. The van der Waals surface area contributed by atoms with E-state index in [4.69, 9.17) is 0 Å². The van der Waals surface area contributed by atoms with Gasteiger partial charge in [-0.15, -0.1) is 0 Å². The molecule has 1 saturated carbocycles. The van der Waals surface area contributed by atoms with Crippen molar-refractivity contribution in [2.24, 2.45) is 5.41 Å². The number of nitrogens with one attached hydrogen (secondary N) is 1. The Balaban J connectivity index is 1.84. The average Bonchev–Trinajstić information content (AvgIpc) is 2.64. The van der Waals surface area contributed by atoms with Gasteiger partial charge in [0, 0.05) is 17.3 Å². The van der Waals surface area contributed by atoms with Gasteiger partial charge in [0.25, 0.3) is 0 Å². The quantitative estimate of drug-likeness (QED) is 0.806. The van der Waals surface area contributed by atoms with Crippen molar-refractivity contribution in [1.29, 1.82) is 0 Å². The van der Waals surface area contributed by atoms with Crippen molar-refractivity contribution in [2.45, 2.75) is 70.1 Å². The van der Waals surface area contributed by atoms with Crippen molar-refractivity contribution in [3.05, 3.63) is 0 Å². The van der Waals surface area contributed by atoms with Crippen LogP contribution in [0.5, 0.6) is 0 Å². The van der Waals surface area contributed by atoms with Crippen molar-refractivity contribution in [1.82, 2.24) is 5.32 Å². The maximum atomic E-state index is 3.87. The van der Waals surface area contributed by atoms with Crippen molar-refractivity contribution in [3.63, 3.8) is 0 Å². The Labute approximate surface area is 105 Å². The Morgan fingerprint density at radius 2 is 1.94 bits per heavy atom. The molecule has 0 aromatic carbocycles. The highest BCUT2D eigenvalue weighted by Gasteiger charge is 2.35. The summed E-state index contributed by atoms with van der Waals surface area (Å²) >= 11 is 2.17. The monoisotopic (exact) mass is 241 g/mol. The summed E-state index contributed by atoms with van der Waals surface area (Å²) in [5, 5.41) is 3.87. The van der Waals surface area contributed by atoms with E-state index in [1.54, 1.807) is 0 Å². The zero-order chi connectivity index (χ0) is 11.6. The summed E-state index contributed by atoms with van der Waals surface area (Å²) < 4.78 is 0.521. The lowest BCUT2D eigenvalue weighted by Crippen LogP contribution is -2.48. The Morgan fingerprint density at radius 1 is 1.12 bits per heavy atom.